The van der Waals surface area contributed by atoms with Crippen LogP contribution in [-0.2, 0) is 20.6 Å². The van der Waals surface area contributed by atoms with Crippen molar-refractivity contribution >= 4 is 0 Å². The predicted octanol–water partition coefficient (Wildman–Crippen LogP) is 0.514. The van der Waals surface area contributed by atoms with Gasteiger partial charge in [-0.2, -0.15) is 13.2 Å². The number of nitrogens with one attached hydrogen (secondary N) is 1. The molecule has 0 bridgehead atoms. The number of aromatic nitrogens is 2. The molecule has 1 atom stereocenters. The number of hydrogen-bond acceptors (Lipinski definition) is 3. The van der Waals surface area contributed by atoms with Gasteiger partial charge in [0.25, 0.3) is 5.56 Å². The first-order chi connectivity index (χ1) is 8.61. The van der Waals surface area contributed by atoms with Crippen LogP contribution < -0.4 is 16.6 Å². The van der Waals surface area contributed by atoms with E-state index in [1.807, 2.05) is 0 Å². The molecular formula is C11H16F3N3O2. The van der Waals surface area contributed by atoms with Crippen molar-refractivity contribution in [3.63, 3.8) is 0 Å². The van der Waals surface area contributed by atoms with E-state index in [0.29, 0.717) is 0 Å². The van der Waals surface area contributed by atoms with Crippen LogP contribution in [0.25, 0.3) is 0 Å². The second-order valence-electron chi connectivity index (χ2n) is 4.51. The fourth-order valence-electron chi connectivity index (χ4n) is 1.71. The summed E-state index contributed by atoms with van der Waals surface area (Å²) in [5.74, 6) is 0. The normalized spacial score (nSPS) is 13.6. The Kier molecular flexibility index (Phi) is 4.56. The van der Waals surface area contributed by atoms with Crippen molar-refractivity contribution in [2.75, 3.05) is 0 Å². The Morgan fingerprint density at radius 3 is 2.42 bits per heavy atom. The molecule has 0 aliphatic carbocycles. The van der Waals surface area contributed by atoms with Crippen LogP contribution in [0, 0.1) is 0 Å². The number of aryl methyl sites for hydroxylation is 1. The van der Waals surface area contributed by atoms with E-state index < -0.39 is 29.9 Å². The van der Waals surface area contributed by atoms with Gasteiger partial charge < -0.3 is 9.88 Å². The molecule has 5 nitrogen and oxygen atoms in total. The Labute approximate surface area is 107 Å². The second kappa shape index (κ2) is 5.60. The Hall–Kier alpha value is -1.57. The van der Waals surface area contributed by atoms with Gasteiger partial charge in [-0.3, -0.25) is 9.36 Å². The van der Waals surface area contributed by atoms with Gasteiger partial charge in [0.2, 0.25) is 0 Å². The van der Waals surface area contributed by atoms with E-state index >= 15 is 0 Å². The van der Waals surface area contributed by atoms with Crippen LogP contribution in [0.5, 0.6) is 0 Å². The van der Waals surface area contributed by atoms with E-state index in [-0.39, 0.29) is 12.1 Å². The van der Waals surface area contributed by atoms with E-state index in [9.17, 15) is 22.8 Å². The van der Waals surface area contributed by atoms with Crippen molar-refractivity contribution in [2.24, 2.45) is 14.1 Å². The molecule has 0 aliphatic heterocycles. The summed E-state index contributed by atoms with van der Waals surface area (Å²) in [7, 11) is 2.80. The van der Waals surface area contributed by atoms with Gasteiger partial charge in [-0.1, -0.05) is 0 Å². The lowest BCUT2D eigenvalue weighted by atomic mass is 10.2. The molecule has 8 heteroatoms. The first kappa shape index (κ1) is 15.5. The molecule has 1 N–H and O–H groups in total. The highest BCUT2D eigenvalue weighted by Gasteiger charge is 2.29. The van der Waals surface area contributed by atoms with Crippen molar-refractivity contribution in [3.8, 4) is 0 Å². The summed E-state index contributed by atoms with van der Waals surface area (Å²) in [6.45, 7) is 1.37. The monoisotopic (exact) mass is 279 g/mol. The molecule has 1 aromatic heterocycles. The standard InChI is InChI=1S/C11H16F3N3O2/c1-7(4-11(12,13)14)15-5-8-6-16(2)10(19)17(3)9(8)18/h6-7,15H,4-5H2,1-3H3. The average Bonchev–Trinajstić information content (AvgIpc) is 2.27. The Morgan fingerprint density at radius 1 is 1.32 bits per heavy atom. The Morgan fingerprint density at radius 2 is 1.89 bits per heavy atom. The van der Waals surface area contributed by atoms with Gasteiger partial charge >= 0.3 is 11.9 Å². The number of nitrogens with zero attached hydrogens (tertiary/aromatic N) is 2. The van der Waals surface area contributed by atoms with Crippen LogP contribution in [0.3, 0.4) is 0 Å². The SMILES string of the molecule is CC(CC(F)(F)F)NCc1cn(C)c(=O)n(C)c1=O. The van der Waals surface area contributed by atoms with Crippen LogP contribution in [0.15, 0.2) is 15.8 Å². The lowest BCUT2D eigenvalue weighted by molar-refractivity contribution is -0.139. The fourth-order valence-corrected chi connectivity index (χ4v) is 1.71. The van der Waals surface area contributed by atoms with Crippen LogP contribution in [-0.4, -0.2) is 21.4 Å². The molecule has 0 saturated carbocycles. The molecule has 0 radical (unpaired) electrons. The summed E-state index contributed by atoms with van der Waals surface area (Å²) in [4.78, 5) is 23.2. The first-order valence-electron chi connectivity index (χ1n) is 5.67. The lowest BCUT2D eigenvalue weighted by Gasteiger charge is -2.16. The van der Waals surface area contributed by atoms with E-state index in [0.717, 1.165) is 4.57 Å². The zero-order valence-corrected chi connectivity index (χ0v) is 10.9. The zero-order valence-electron chi connectivity index (χ0n) is 10.9. The largest absolute Gasteiger partial charge is 0.390 e. The molecule has 1 aromatic rings. The molecule has 0 aromatic carbocycles. The third kappa shape index (κ3) is 4.23. The fraction of sp³-hybridized carbons (Fsp3) is 0.636. The third-order valence-electron chi connectivity index (χ3n) is 2.70. The lowest BCUT2D eigenvalue weighted by Crippen LogP contribution is -2.40. The van der Waals surface area contributed by atoms with Gasteiger partial charge in [-0.25, -0.2) is 4.79 Å². The van der Waals surface area contributed by atoms with Gasteiger partial charge in [0.1, 0.15) is 0 Å². The molecule has 0 fully saturated rings. The van der Waals surface area contributed by atoms with Crippen LogP contribution in [0.1, 0.15) is 18.9 Å². The molecule has 1 rings (SSSR count). The molecule has 0 amide bonds. The van der Waals surface area contributed by atoms with Gasteiger partial charge in [0, 0.05) is 38.4 Å². The summed E-state index contributed by atoms with van der Waals surface area (Å²) in [6.07, 6.45) is -3.89. The molecule has 19 heavy (non-hydrogen) atoms. The topological polar surface area (TPSA) is 56.0 Å². The number of rotatable bonds is 4. The quantitative estimate of drug-likeness (QED) is 0.874. The highest BCUT2D eigenvalue weighted by Crippen LogP contribution is 2.21. The first-order valence-corrected chi connectivity index (χ1v) is 5.67. The maximum atomic E-state index is 12.1. The summed E-state index contributed by atoms with van der Waals surface area (Å²) in [5, 5.41) is 2.62. The summed E-state index contributed by atoms with van der Waals surface area (Å²) in [6, 6.07) is -0.804. The van der Waals surface area contributed by atoms with E-state index in [4.69, 9.17) is 0 Å². The predicted molar refractivity (Wildman–Crippen MR) is 63.9 cm³/mol. The van der Waals surface area contributed by atoms with Crippen molar-refractivity contribution in [1.82, 2.24) is 14.5 Å². The van der Waals surface area contributed by atoms with Crippen LogP contribution in [0.2, 0.25) is 0 Å². The molecule has 1 unspecified atom stereocenters. The Balaban J connectivity index is 2.80. The average molecular weight is 279 g/mol. The minimum Gasteiger partial charge on any atom is -0.310 e. The minimum atomic E-state index is -4.25. The molecular weight excluding hydrogens is 263 g/mol. The number of alkyl halides is 3. The maximum absolute atomic E-state index is 12.1. The Bertz CT molecular complexity index is 560. The molecule has 1 heterocycles. The van der Waals surface area contributed by atoms with Crippen LogP contribution in [0.4, 0.5) is 13.2 Å². The smallest absolute Gasteiger partial charge is 0.310 e. The van der Waals surface area contributed by atoms with E-state index in [2.05, 4.69) is 5.32 Å². The third-order valence-corrected chi connectivity index (χ3v) is 2.70. The highest BCUT2D eigenvalue weighted by molar-refractivity contribution is 5.05. The van der Waals surface area contributed by atoms with Gasteiger partial charge in [-0.05, 0) is 6.92 Å². The van der Waals surface area contributed by atoms with Crippen molar-refractivity contribution in [2.45, 2.75) is 32.1 Å². The van der Waals surface area contributed by atoms with Crippen molar-refractivity contribution in [1.29, 1.82) is 0 Å². The second-order valence-corrected chi connectivity index (χ2v) is 4.51. The summed E-state index contributed by atoms with van der Waals surface area (Å²) in [5.41, 5.74) is -0.731. The highest BCUT2D eigenvalue weighted by atomic mass is 19.4. The van der Waals surface area contributed by atoms with Gasteiger partial charge in [-0.15, -0.1) is 0 Å². The maximum Gasteiger partial charge on any atom is 0.390 e. The zero-order chi connectivity index (χ0) is 14.8. The minimum absolute atomic E-state index is 0.0158. The van der Waals surface area contributed by atoms with E-state index in [1.165, 1.54) is 31.8 Å². The van der Waals surface area contributed by atoms with Gasteiger partial charge in [0.05, 0.1) is 6.42 Å². The summed E-state index contributed by atoms with van der Waals surface area (Å²) < 4.78 is 38.6. The van der Waals surface area contributed by atoms with E-state index in [1.54, 1.807) is 0 Å². The number of hydrogen-bond donors (Lipinski definition) is 1. The molecule has 0 spiro atoms. The number of halogens is 3. The molecule has 0 saturated heterocycles. The van der Waals surface area contributed by atoms with Crippen molar-refractivity contribution < 1.29 is 13.2 Å². The molecule has 0 aliphatic rings. The van der Waals surface area contributed by atoms with Gasteiger partial charge in [0.15, 0.2) is 0 Å². The summed E-state index contributed by atoms with van der Waals surface area (Å²) >= 11 is 0. The van der Waals surface area contributed by atoms with Crippen LogP contribution >= 0.6 is 0 Å². The van der Waals surface area contributed by atoms with Crippen molar-refractivity contribution in [3.05, 3.63) is 32.6 Å². The molecule has 108 valence electrons.